The fourth-order valence-corrected chi connectivity index (χ4v) is 3.45. The number of benzene rings is 1. The first kappa shape index (κ1) is 11.7. The van der Waals surface area contributed by atoms with Crippen molar-refractivity contribution >= 4 is 56.8 Å². The van der Waals surface area contributed by atoms with E-state index in [9.17, 15) is 8.42 Å². The van der Waals surface area contributed by atoms with Gasteiger partial charge in [0.25, 0.3) is 0 Å². The quantitative estimate of drug-likeness (QED) is 0.615. The SMILES string of the molecule is O=S(=O)(Cl)c1ccc([As](Cl)Cl)cc1. The van der Waals surface area contributed by atoms with E-state index in [-0.39, 0.29) is 4.90 Å². The fourth-order valence-electron chi connectivity index (χ4n) is 0.721. The van der Waals surface area contributed by atoms with Gasteiger partial charge in [0, 0.05) is 0 Å². The molecule has 1 aromatic rings. The van der Waals surface area contributed by atoms with Gasteiger partial charge in [0.05, 0.1) is 0 Å². The summed E-state index contributed by atoms with van der Waals surface area (Å²) in [5.74, 6) is 0. The molecule has 2 nitrogen and oxygen atoms in total. The Labute approximate surface area is 93.8 Å². The minimum atomic E-state index is -3.64. The molecule has 0 aliphatic heterocycles. The van der Waals surface area contributed by atoms with Crippen LogP contribution in [0.15, 0.2) is 29.2 Å². The summed E-state index contributed by atoms with van der Waals surface area (Å²) < 4.78 is 22.4. The second kappa shape index (κ2) is 4.41. The summed E-state index contributed by atoms with van der Waals surface area (Å²) >= 11 is -1.96. The number of hydrogen-bond acceptors (Lipinski definition) is 2. The van der Waals surface area contributed by atoms with Crippen LogP contribution >= 0.6 is 30.6 Å². The van der Waals surface area contributed by atoms with Gasteiger partial charge in [0.2, 0.25) is 0 Å². The van der Waals surface area contributed by atoms with Gasteiger partial charge in [-0.1, -0.05) is 0 Å². The predicted molar refractivity (Wildman–Crippen MR) is 56.6 cm³/mol. The predicted octanol–water partition coefficient (Wildman–Crippen LogP) is 1.79. The van der Waals surface area contributed by atoms with Crippen LogP contribution in [0.1, 0.15) is 0 Å². The van der Waals surface area contributed by atoms with Crippen molar-refractivity contribution in [3.05, 3.63) is 24.3 Å². The first-order valence-corrected chi connectivity index (χ1v) is 11.3. The van der Waals surface area contributed by atoms with Gasteiger partial charge in [-0.3, -0.25) is 0 Å². The summed E-state index contributed by atoms with van der Waals surface area (Å²) in [6.45, 7) is 0. The van der Waals surface area contributed by atoms with Gasteiger partial charge in [-0.25, -0.2) is 0 Å². The van der Waals surface area contributed by atoms with Gasteiger partial charge >= 0.3 is 94.3 Å². The van der Waals surface area contributed by atoms with Gasteiger partial charge in [-0.15, -0.1) is 0 Å². The maximum absolute atomic E-state index is 10.8. The Morgan fingerprint density at radius 1 is 1.08 bits per heavy atom. The molecule has 1 rings (SSSR count). The summed E-state index contributed by atoms with van der Waals surface area (Å²) in [7, 11) is 12.9. The zero-order chi connectivity index (χ0) is 10.1. The summed E-state index contributed by atoms with van der Waals surface area (Å²) in [4.78, 5) is 0.0575. The number of rotatable bonds is 2. The van der Waals surface area contributed by atoms with E-state index in [4.69, 9.17) is 30.6 Å². The van der Waals surface area contributed by atoms with Crippen LogP contribution in [0, 0.1) is 0 Å². The molecule has 0 radical (unpaired) electrons. The molecule has 0 heterocycles. The molecule has 0 aliphatic rings. The van der Waals surface area contributed by atoms with E-state index in [2.05, 4.69) is 0 Å². The van der Waals surface area contributed by atoms with E-state index >= 15 is 0 Å². The van der Waals surface area contributed by atoms with Crippen molar-refractivity contribution in [2.45, 2.75) is 4.90 Å². The van der Waals surface area contributed by atoms with Gasteiger partial charge in [0.1, 0.15) is 0 Å². The standard InChI is InChI=1S/C6H4AsCl3O2S/c8-7(9)5-1-3-6(4-2-5)13(10,11)12/h1-4H. The van der Waals surface area contributed by atoms with Gasteiger partial charge < -0.3 is 0 Å². The van der Waals surface area contributed by atoms with E-state index in [0.717, 1.165) is 4.35 Å². The summed E-state index contributed by atoms with van der Waals surface area (Å²) in [5.41, 5.74) is 0. The number of halogens is 3. The molecule has 0 atom stereocenters. The fraction of sp³-hybridized carbons (Fsp3) is 0. The van der Waals surface area contributed by atoms with Gasteiger partial charge in [0.15, 0.2) is 0 Å². The molecular formula is C6H4AsCl3O2S. The van der Waals surface area contributed by atoms with Crippen LogP contribution in [0.2, 0.25) is 0 Å². The topological polar surface area (TPSA) is 34.1 Å². The minimum absolute atomic E-state index is 0.0575. The Balaban J connectivity index is 3.08. The first-order chi connectivity index (χ1) is 5.91. The summed E-state index contributed by atoms with van der Waals surface area (Å²) in [6.07, 6.45) is 0. The molecule has 1 aromatic carbocycles. The zero-order valence-corrected chi connectivity index (χ0v) is 11.1. The van der Waals surface area contributed by atoms with E-state index in [1.165, 1.54) is 12.1 Å². The van der Waals surface area contributed by atoms with Crippen LogP contribution in [0.25, 0.3) is 0 Å². The Kier molecular flexibility index (Phi) is 3.96. The van der Waals surface area contributed by atoms with Crippen LogP contribution in [-0.4, -0.2) is 21.2 Å². The van der Waals surface area contributed by atoms with Crippen molar-refractivity contribution in [1.29, 1.82) is 0 Å². The number of hydrogen-bond donors (Lipinski definition) is 0. The van der Waals surface area contributed by atoms with Gasteiger partial charge in [-0.2, -0.15) is 0 Å². The summed E-state index contributed by atoms with van der Waals surface area (Å²) in [6, 6.07) is 5.94. The van der Waals surface area contributed by atoms with E-state index in [1.54, 1.807) is 12.1 Å². The van der Waals surface area contributed by atoms with Crippen molar-refractivity contribution in [3.8, 4) is 0 Å². The van der Waals surface area contributed by atoms with Crippen molar-refractivity contribution in [2.75, 3.05) is 0 Å². The van der Waals surface area contributed by atoms with Crippen LogP contribution in [0.5, 0.6) is 0 Å². The van der Waals surface area contributed by atoms with Crippen molar-refractivity contribution in [3.63, 3.8) is 0 Å². The molecule has 0 N–H and O–H groups in total. The molecular weight excluding hydrogens is 317 g/mol. The second-order valence-corrected chi connectivity index (χ2v) is 11.2. The van der Waals surface area contributed by atoms with Crippen LogP contribution in [0.4, 0.5) is 0 Å². The van der Waals surface area contributed by atoms with E-state index in [0.29, 0.717) is 0 Å². The molecule has 0 saturated heterocycles. The van der Waals surface area contributed by atoms with Crippen LogP contribution in [-0.2, 0) is 9.05 Å². The molecule has 72 valence electrons. The Morgan fingerprint density at radius 3 is 1.85 bits per heavy atom. The Bertz CT molecular complexity index is 387. The molecule has 7 heteroatoms. The van der Waals surface area contributed by atoms with Crippen LogP contribution in [0.3, 0.4) is 0 Å². The molecule has 0 amide bonds. The molecule has 13 heavy (non-hydrogen) atoms. The molecule has 0 aromatic heterocycles. The first-order valence-electron chi connectivity index (χ1n) is 3.07. The zero-order valence-electron chi connectivity index (χ0n) is 6.12. The van der Waals surface area contributed by atoms with Crippen molar-refractivity contribution < 1.29 is 8.42 Å². The summed E-state index contributed by atoms with van der Waals surface area (Å²) in [5, 5.41) is 0. The third-order valence-corrected chi connectivity index (χ3v) is 6.16. The Morgan fingerprint density at radius 2 is 1.54 bits per heavy atom. The Hall–Kier alpha value is 0.598. The molecule has 0 bridgehead atoms. The monoisotopic (exact) mass is 320 g/mol. The van der Waals surface area contributed by atoms with Crippen LogP contribution < -0.4 is 4.35 Å². The molecule has 0 saturated carbocycles. The van der Waals surface area contributed by atoms with Crippen molar-refractivity contribution in [2.24, 2.45) is 0 Å². The maximum atomic E-state index is 10.8. The normalized spacial score (nSPS) is 12.0. The van der Waals surface area contributed by atoms with Crippen molar-refractivity contribution in [1.82, 2.24) is 0 Å². The third kappa shape index (κ3) is 3.34. The molecule has 0 unspecified atom stereocenters. The average molecular weight is 321 g/mol. The molecule has 0 aliphatic carbocycles. The molecule has 0 fully saturated rings. The third-order valence-electron chi connectivity index (χ3n) is 1.31. The second-order valence-electron chi connectivity index (χ2n) is 2.16. The average Bonchev–Trinajstić information content (AvgIpc) is 2.03. The van der Waals surface area contributed by atoms with Gasteiger partial charge in [-0.05, 0) is 0 Å². The van der Waals surface area contributed by atoms with E-state index < -0.39 is 21.8 Å². The van der Waals surface area contributed by atoms with E-state index in [1.807, 2.05) is 0 Å². The molecule has 0 spiro atoms.